The molecular formula is C16H23NO. The van der Waals surface area contributed by atoms with Crippen molar-refractivity contribution in [3.63, 3.8) is 0 Å². The Morgan fingerprint density at radius 2 is 2.06 bits per heavy atom. The molecule has 1 unspecified atom stereocenters. The monoisotopic (exact) mass is 245 g/mol. The molecule has 0 aliphatic rings. The summed E-state index contributed by atoms with van der Waals surface area (Å²) in [6.45, 7) is 3.95. The van der Waals surface area contributed by atoms with Gasteiger partial charge < -0.3 is 10.1 Å². The molecule has 0 saturated heterocycles. The van der Waals surface area contributed by atoms with Gasteiger partial charge in [0, 0.05) is 12.5 Å². The molecule has 1 aromatic rings. The fourth-order valence-electron chi connectivity index (χ4n) is 1.79. The molecule has 0 spiro atoms. The van der Waals surface area contributed by atoms with E-state index in [2.05, 4.69) is 18.2 Å². The molecule has 0 fully saturated rings. The highest BCUT2D eigenvalue weighted by molar-refractivity contribution is 5.20. The topological polar surface area (TPSA) is 21.3 Å². The number of nitrogens with one attached hydrogen (secondary N) is 1. The second kappa shape index (κ2) is 9.56. The van der Waals surface area contributed by atoms with Gasteiger partial charge in [-0.1, -0.05) is 25.1 Å². The van der Waals surface area contributed by atoms with Gasteiger partial charge in [0.2, 0.25) is 0 Å². The zero-order valence-corrected chi connectivity index (χ0v) is 11.2. The molecule has 1 rings (SSSR count). The predicted octanol–water partition coefficient (Wildman–Crippen LogP) is 3.24. The largest absolute Gasteiger partial charge is 0.494 e. The van der Waals surface area contributed by atoms with Crippen molar-refractivity contribution in [1.82, 2.24) is 5.32 Å². The van der Waals surface area contributed by atoms with Gasteiger partial charge in [0.25, 0.3) is 0 Å². The molecule has 2 heteroatoms. The van der Waals surface area contributed by atoms with Crippen molar-refractivity contribution < 1.29 is 4.74 Å². The second-order valence-corrected chi connectivity index (χ2v) is 4.34. The summed E-state index contributed by atoms with van der Waals surface area (Å²) in [6, 6.07) is 10.4. The van der Waals surface area contributed by atoms with Crippen molar-refractivity contribution in [3.8, 4) is 18.1 Å². The summed E-state index contributed by atoms with van der Waals surface area (Å²) in [5.74, 6) is 3.64. The van der Waals surface area contributed by atoms with Crippen molar-refractivity contribution in [1.29, 1.82) is 0 Å². The molecule has 1 N–H and O–H groups in total. The van der Waals surface area contributed by atoms with Crippen molar-refractivity contribution in [3.05, 3.63) is 30.3 Å². The Labute approximate surface area is 111 Å². The van der Waals surface area contributed by atoms with E-state index in [0.29, 0.717) is 6.04 Å². The molecule has 0 radical (unpaired) electrons. The average molecular weight is 245 g/mol. The minimum atomic E-state index is 0.463. The highest BCUT2D eigenvalue weighted by atomic mass is 16.5. The van der Waals surface area contributed by atoms with E-state index < -0.39 is 0 Å². The van der Waals surface area contributed by atoms with E-state index in [1.165, 1.54) is 0 Å². The maximum absolute atomic E-state index is 5.70. The Hall–Kier alpha value is -1.46. The minimum Gasteiger partial charge on any atom is -0.494 e. The van der Waals surface area contributed by atoms with Gasteiger partial charge in [0.1, 0.15) is 5.75 Å². The SMILES string of the molecule is C#CCCC(CCOc1ccccc1)NCCC. The van der Waals surface area contributed by atoms with Gasteiger partial charge in [-0.3, -0.25) is 0 Å². The van der Waals surface area contributed by atoms with Crippen LogP contribution in [0.4, 0.5) is 0 Å². The summed E-state index contributed by atoms with van der Waals surface area (Å²) in [5.41, 5.74) is 0. The maximum atomic E-state index is 5.70. The van der Waals surface area contributed by atoms with Crippen molar-refractivity contribution >= 4 is 0 Å². The molecule has 1 atom stereocenters. The molecule has 2 nitrogen and oxygen atoms in total. The molecule has 98 valence electrons. The van der Waals surface area contributed by atoms with Crippen LogP contribution in [0.5, 0.6) is 5.75 Å². The van der Waals surface area contributed by atoms with Crippen LogP contribution in [-0.4, -0.2) is 19.2 Å². The van der Waals surface area contributed by atoms with Crippen LogP contribution < -0.4 is 10.1 Å². The van der Waals surface area contributed by atoms with Crippen LogP contribution in [0.25, 0.3) is 0 Å². The smallest absolute Gasteiger partial charge is 0.119 e. The van der Waals surface area contributed by atoms with Crippen LogP contribution in [0.2, 0.25) is 0 Å². The normalized spacial score (nSPS) is 11.8. The van der Waals surface area contributed by atoms with E-state index >= 15 is 0 Å². The molecular weight excluding hydrogens is 222 g/mol. The van der Waals surface area contributed by atoms with E-state index in [1.807, 2.05) is 30.3 Å². The lowest BCUT2D eigenvalue weighted by atomic mass is 10.1. The quantitative estimate of drug-likeness (QED) is 0.674. The summed E-state index contributed by atoms with van der Waals surface area (Å²) in [5, 5.41) is 3.51. The lowest BCUT2D eigenvalue weighted by molar-refractivity contribution is 0.281. The summed E-state index contributed by atoms with van der Waals surface area (Å²) in [6.07, 6.45) is 9.31. The fourth-order valence-corrected chi connectivity index (χ4v) is 1.79. The molecule has 0 heterocycles. The minimum absolute atomic E-state index is 0.463. The van der Waals surface area contributed by atoms with Gasteiger partial charge in [0.15, 0.2) is 0 Å². The number of hydrogen-bond donors (Lipinski definition) is 1. The van der Waals surface area contributed by atoms with Crippen molar-refractivity contribution in [2.24, 2.45) is 0 Å². The average Bonchev–Trinajstić information content (AvgIpc) is 2.42. The van der Waals surface area contributed by atoms with Gasteiger partial charge in [-0.05, 0) is 37.9 Å². The summed E-state index contributed by atoms with van der Waals surface area (Å²) in [7, 11) is 0. The van der Waals surface area contributed by atoms with E-state index in [4.69, 9.17) is 11.2 Å². The number of hydrogen-bond acceptors (Lipinski definition) is 2. The Morgan fingerprint density at radius 1 is 1.28 bits per heavy atom. The third-order valence-electron chi connectivity index (χ3n) is 2.80. The highest BCUT2D eigenvalue weighted by Gasteiger charge is 2.06. The zero-order valence-electron chi connectivity index (χ0n) is 11.2. The molecule has 0 saturated carbocycles. The first kappa shape index (κ1) is 14.6. The summed E-state index contributed by atoms with van der Waals surface area (Å²) >= 11 is 0. The van der Waals surface area contributed by atoms with Crippen LogP contribution >= 0.6 is 0 Å². The van der Waals surface area contributed by atoms with Crippen molar-refractivity contribution in [2.45, 2.75) is 38.6 Å². The summed E-state index contributed by atoms with van der Waals surface area (Å²) < 4.78 is 5.70. The number of para-hydroxylation sites is 1. The molecule has 0 bridgehead atoms. The summed E-state index contributed by atoms with van der Waals surface area (Å²) in [4.78, 5) is 0. The van der Waals surface area contributed by atoms with Crippen LogP contribution in [0.15, 0.2) is 30.3 Å². The van der Waals surface area contributed by atoms with Crippen LogP contribution in [-0.2, 0) is 0 Å². The van der Waals surface area contributed by atoms with Crippen LogP contribution in [0, 0.1) is 12.3 Å². The Balaban J connectivity index is 2.25. The molecule has 1 aromatic carbocycles. The molecule has 18 heavy (non-hydrogen) atoms. The van der Waals surface area contributed by atoms with Crippen LogP contribution in [0.3, 0.4) is 0 Å². The van der Waals surface area contributed by atoms with Gasteiger partial charge in [0.05, 0.1) is 6.61 Å². The van der Waals surface area contributed by atoms with E-state index in [-0.39, 0.29) is 0 Å². The highest BCUT2D eigenvalue weighted by Crippen LogP contribution is 2.10. The zero-order chi connectivity index (χ0) is 13.1. The lowest BCUT2D eigenvalue weighted by Crippen LogP contribution is -2.31. The molecule has 0 aromatic heterocycles. The van der Waals surface area contributed by atoms with Crippen LogP contribution in [0.1, 0.15) is 32.6 Å². The van der Waals surface area contributed by atoms with Gasteiger partial charge >= 0.3 is 0 Å². The van der Waals surface area contributed by atoms with Gasteiger partial charge in [-0.25, -0.2) is 0 Å². The molecule has 0 aliphatic carbocycles. The number of ether oxygens (including phenoxy) is 1. The number of rotatable bonds is 9. The van der Waals surface area contributed by atoms with Gasteiger partial charge in [-0.15, -0.1) is 12.3 Å². The number of benzene rings is 1. The first-order valence-electron chi connectivity index (χ1n) is 6.71. The first-order valence-corrected chi connectivity index (χ1v) is 6.71. The Kier molecular flexibility index (Phi) is 7.75. The lowest BCUT2D eigenvalue weighted by Gasteiger charge is -2.17. The predicted molar refractivity (Wildman–Crippen MR) is 76.7 cm³/mol. The maximum Gasteiger partial charge on any atom is 0.119 e. The van der Waals surface area contributed by atoms with E-state index in [1.54, 1.807) is 0 Å². The third-order valence-corrected chi connectivity index (χ3v) is 2.80. The third kappa shape index (κ3) is 6.32. The van der Waals surface area contributed by atoms with Crippen molar-refractivity contribution in [2.75, 3.05) is 13.2 Å². The molecule has 0 aliphatic heterocycles. The van der Waals surface area contributed by atoms with Gasteiger partial charge in [-0.2, -0.15) is 0 Å². The standard InChI is InChI=1S/C16H23NO/c1-3-5-9-15(17-13-4-2)12-14-18-16-10-7-6-8-11-16/h1,6-8,10-11,15,17H,4-5,9,12-14H2,2H3. The Bertz CT molecular complexity index is 342. The Morgan fingerprint density at radius 3 is 2.72 bits per heavy atom. The first-order chi connectivity index (χ1) is 8.86. The molecule has 0 amide bonds. The van der Waals surface area contributed by atoms with E-state index in [0.717, 1.165) is 44.6 Å². The number of terminal acetylenes is 1. The second-order valence-electron chi connectivity index (χ2n) is 4.34. The fraction of sp³-hybridized carbons (Fsp3) is 0.500. The van der Waals surface area contributed by atoms with E-state index in [9.17, 15) is 0 Å².